The number of carbonyl (C=O) groups excluding carboxylic acids is 1. The van der Waals surface area contributed by atoms with Crippen molar-refractivity contribution in [1.29, 1.82) is 0 Å². The normalized spacial score (nSPS) is 9.42. The molecule has 0 aliphatic carbocycles. The van der Waals surface area contributed by atoms with E-state index in [1.807, 2.05) is 0 Å². The van der Waals surface area contributed by atoms with Crippen molar-refractivity contribution in [3.63, 3.8) is 0 Å². The van der Waals surface area contributed by atoms with Crippen molar-refractivity contribution in [3.8, 4) is 11.8 Å². The molecule has 0 atom stereocenters. The van der Waals surface area contributed by atoms with E-state index in [1.165, 1.54) is 19.2 Å². The number of nitrogens with zero attached hydrogens (tertiary/aromatic N) is 1. The van der Waals surface area contributed by atoms with Crippen molar-refractivity contribution in [2.75, 3.05) is 13.0 Å². The summed E-state index contributed by atoms with van der Waals surface area (Å²) in [7, 11) is 1.22. The van der Waals surface area contributed by atoms with Crippen LogP contribution in [0.5, 0.6) is 0 Å². The molecule has 1 aromatic carbocycles. The van der Waals surface area contributed by atoms with E-state index in [4.69, 9.17) is 11.6 Å². The molecule has 0 amide bonds. The molecule has 0 N–H and O–H groups in total. The third-order valence-corrected chi connectivity index (χ3v) is 2.64. The number of hydrogen-bond acceptors (Lipinski definition) is 4. The molecule has 0 aromatic heterocycles. The van der Waals surface area contributed by atoms with E-state index in [0.29, 0.717) is 23.4 Å². The van der Waals surface area contributed by atoms with E-state index in [0.717, 1.165) is 0 Å². The van der Waals surface area contributed by atoms with Crippen molar-refractivity contribution in [2.24, 2.45) is 0 Å². The lowest BCUT2D eigenvalue weighted by Crippen LogP contribution is -2.06. The first-order valence-electron chi connectivity index (χ1n) is 5.43. The van der Waals surface area contributed by atoms with Crippen LogP contribution in [0.1, 0.15) is 27.9 Å². The fourth-order valence-corrected chi connectivity index (χ4v) is 1.56. The highest BCUT2D eigenvalue weighted by Gasteiger charge is 2.18. The van der Waals surface area contributed by atoms with E-state index in [9.17, 15) is 14.9 Å². The fraction of sp³-hybridized carbons (Fsp3) is 0.308. The number of ether oxygens (including phenoxy) is 1. The number of esters is 1. The third kappa shape index (κ3) is 3.70. The van der Waals surface area contributed by atoms with Gasteiger partial charge in [0.05, 0.1) is 17.6 Å². The van der Waals surface area contributed by atoms with E-state index in [2.05, 4.69) is 16.6 Å². The van der Waals surface area contributed by atoms with Gasteiger partial charge in [0, 0.05) is 30.0 Å². The number of nitro benzene ring substituents is 1. The van der Waals surface area contributed by atoms with E-state index in [1.54, 1.807) is 6.92 Å². The minimum absolute atomic E-state index is 0.145. The molecule has 0 aliphatic rings. The monoisotopic (exact) mass is 281 g/mol. The molecule has 0 saturated heterocycles. The smallest absolute Gasteiger partial charge is 0.338 e. The first-order chi connectivity index (χ1) is 9.01. The zero-order chi connectivity index (χ0) is 14.4. The van der Waals surface area contributed by atoms with Crippen LogP contribution in [0.15, 0.2) is 12.1 Å². The number of methoxy groups -OCH3 is 1. The summed E-state index contributed by atoms with van der Waals surface area (Å²) >= 11 is 5.51. The van der Waals surface area contributed by atoms with Gasteiger partial charge in [-0.05, 0) is 12.5 Å². The highest BCUT2D eigenvalue weighted by Crippen LogP contribution is 2.22. The topological polar surface area (TPSA) is 69.4 Å². The lowest BCUT2D eigenvalue weighted by atomic mass is 10.0. The van der Waals surface area contributed by atoms with Gasteiger partial charge in [0.15, 0.2) is 0 Å². The molecular formula is C13H12ClNO4. The Morgan fingerprint density at radius 1 is 1.53 bits per heavy atom. The van der Waals surface area contributed by atoms with Crippen LogP contribution in [0.25, 0.3) is 0 Å². The maximum atomic E-state index is 11.6. The number of benzene rings is 1. The molecule has 5 nitrogen and oxygen atoms in total. The fourth-order valence-electron chi connectivity index (χ4n) is 1.46. The molecule has 0 radical (unpaired) electrons. The van der Waals surface area contributed by atoms with Gasteiger partial charge in [-0.15, -0.1) is 11.6 Å². The molecular weight excluding hydrogens is 270 g/mol. The lowest BCUT2D eigenvalue weighted by molar-refractivity contribution is -0.384. The second-order valence-corrected chi connectivity index (χ2v) is 4.03. The maximum Gasteiger partial charge on any atom is 0.338 e. The van der Waals surface area contributed by atoms with Crippen molar-refractivity contribution in [2.45, 2.75) is 13.3 Å². The van der Waals surface area contributed by atoms with E-state index < -0.39 is 10.9 Å². The Balaban J connectivity index is 3.38. The first-order valence-corrected chi connectivity index (χ1v) is 5.97. The Labute approximate surface area is 115 Å². The van der Waals surface area contributed by atoms with Crippen LogP contribution in [0.3, 0.4) is 0 Å². The molecule has 0 aliphatic heterocycles. The van der Waals surface area contributed by atoms with Crippen molar-refractivity contribution in [1.82, 2.24) is 0 Å². The minimum atomic E-state index is -0.624. The Morgan fingerprint density at radius 3 is 2.74 bits per heavy atom. The van der Waals surface area contributed by atoms with Crippen LogP contribution in [-0.4, -0.2) is 23.9 Å². The number of halogens is 1. The van der Waals surface area contributed by atoms with E-state index in [-0.39, 0.29) is 11.3 Å². The molecule has 1 rings (SSSR count). The average molecular weight is 282 g/mol. The molecule has 1 aromatic rings. The van der Waals surface area contributed by atoms with Gasteiger partial charge in [-0.1, -0.05) is 11.8 Å². The highest BCUT2D eigenvalue weighted by atomic mass is 35.5. The quantitative estimate of drug-likeness (QED) is 0.281. The summed E-state index contributed by atoms with van der Waals surface area (Å²) in [6, 6.07) is 2.52. The van der Waals surface area contributed by atoms with Gasteiger partial charge in [-0.2, -0.15) is 0 Å². The molecule has 0 fully saturated rings. The molecule has 0 heterocycles. The maximum absolute atomic E-state index is 11.6. The highest BCUT2D eigenvalue weighted by molar-refractivity contribution is 6.18. The summed E-state index contributed by atoms with van der Waals surface area (Å²) in [4.78, 5) is 21.8. The van der Waals surface area contributed by atoms with Crippen LogP contribution in [0, 0.1) is 28.9 Å². The minimum Gasteiger partial charge on any atom is -0.465 e. The third-order valence-electron chi connectivity index (χ3n) is 2.45. The van der Waals surface area contributed by atoms with Gasteiger partial charge >= 0.3 is 5.97 Å². The number of alkyl halides is 1. The SMILES string of the molecule is COC(=O)c1cc([N+](=O)[O-])cc(C#CCCCl)c1C. The Morgan fingerprint density at radius 2 is 2.21 bits per heavy atom. The number of hydrogen-bond donors (Lipinski definition) is 0. The first kappa shape index (κ1) is 15.0. The number of rotatable bonds is 3. The molecule has 0 bridgehead atoms. The van der Waals surface area contributed by atoms with Gasteiger partial charge in [0.1, 0.15) is 0 Å². The van der Waals surface area contributed by atoms with Crippen molar-refractivity contribution in [3.05, 3.63) is 38.9 Å². The Bertz CT molecular complexity index is 572. The summed E-state index contributed by atoms with van der Waals surface area (Å²) < 4.78 is 4.60. The van der Waals surface area contributed by atoms with Gasteiger partial charge < -0.3 is 4.74 Å². The number of non-ortho nitro benzene ring substituents is 1. The van der Waals surface area contributed by atoms with Crippen LogP contribution < -0.4 is 0 Å². The van der Waals surface area contributed by atoms with E-state index >= 15 is 0 Å². The number of carbonyl (C=O) groups is 1. The van der Waals surface area contributed by atoms with Crippen molar-refractivity contribution >= 4 is 23.3 Å². The molecule has 19 heavy (non-hydrogen) atoms. The molecule has 100 valence electrons. The van der Waals surface area contributed by atoms with Gasteiger partial charge in [0.2, 0.25) is 0 Å². The summed E-state index contributed by atoms with van der Waals surface area (Å²) in [5.74, 6) is 5.32. The Hall–Kier alpha value is -2.06. The summed E-state index contributed by atoms with van der Waals surface area (Å²) in [5.41, 5.74) is 0.937. The lowest BCUT2D eigenvalue weighted by Gasteiger charge is -2.06. The standard InChI is InChI=1S/C13H12ClNO4/c1-9-10(5-3-4-6-14)7-11(15(17)18)8-12(9)13(16)19-2/h7-8H,4,6H2,1-2H3. The zero-order valence-electron chi connectivity index (χ0n) is 10.5. The predicted molar refractivity (Wildman–Crippen MR) is 71.4 cm³/mol. The van der Waals surface area contributed by atoms with Gasteiger partial charge in [-0.3, -0.25) is 10.1 Å². The summed E-state index contributed by atoms with van der Waals surface area (Å²) in [5, 5.41) is 10.8. The average Bonchev–Trinajstić information content (AvgIpc) is 2.39. The summed E-state index contributed by atoms with van der Waals surface area (Å²) in [6.07, 6.45) is 0.469. The second kappa shape index (κ2) is 6.76. The number of nitro groups is 1. The molecule has 0 unspecified atom stereocenters. The van der Waals surface area contributed by atoms with Crippen molar-refractivity contribution < 1.29 is 14.5 Å². The largest absolute Gasteiger partial charge is 0.465 e. The molecule has 0 saturated carbocycles. The van der Waals surface area contributed by atoms with Crippen LogP contribution in [-0.2, 0) is 4.74 Å². The van der Waals surface area contributed by atoms with Gasteiger partial charge in [0.25, 0.3) is 5.69 Å². The van der Waals surface area contributed by atoms with Gasteiger partial charge in [-0.25, -0.2) is 4.79 Å². The second-order valence-electron chi connectivity index (χ2n) is 3.66. The predicted octanol–water partition coefficient (Wildman–Crippen LogP) is 2.67. The molecule has 0 spiro atoms. The Kier molecular flexibility index (Phi) is 5.34. The van der Waals surface area contributed by atoms with Crippen LogP contribution >= 0.6 is 11.6 Å². The molecule has 6 heteroatoms. The summed E-state index contributed by atoms with van der Waals surface area (Å²) in [6.45, 7) is 1.67. The zero-order valence-corrected chi connectivity index (χ0v) is 11.3. The van der Waals surface area contributed by atoms with Crippen LogP contribution in [0.4, 0.5) is 5.69 Å². The van der Waals surface area contributed by atoms with Crippen LogP contribution in [0.2, 0.25) is 0 Å².